The normalized spacial score (nSPS) is 10.2. The van der Waals surface area contributed by atoms with E-state index < -0.39 is 0 Å². The Morgan fingerprint density at radius 3 is 2.42 bits per heavy atom. The first-order chi connectivity index (χ1) is 9.26. The second-order valence-corrected chi connectivity index (χ2v) is 4.54. The molecule has 0 bridgehead atoms. The standard InChI is InChI=1S/C16H15ClO2/c1-19-16(18)14-8-6-13(7-9-14)15-5-3-2-4-12(15)10-11-17/h2-9H,10-11H2,1H3. The van der Waals surface area contributed by atoms with Crippen molar-refractivity contribution in [2.45, 2.75) is 6.42 Å². The fraction of sp³-hybridized carbons (Fsp3) is 0.188. The van der Waals surface area contributed by atoms with Crippen LogP contribution in [0, 0.1) is 0 Å². The van der Waals surface area contributed by atoms with Crippen LogP contribution in [0.25, 0.3) is 11.1 Å². The van der Waals surface area contributed by atoms with E-state index in [1.165, 1.54) is 12.7 Å². The van der Waals surface area contributed by atoms with Crippen LogP contribution in [-0.4, -0.2) is 19.0 Å². The number of ether oxygens (including phenoxy) is 1. The second-order valence-electron chi connectivity index (χ2n) is 4.17. The van der Waals surface area contributed by atoms with E-state index in [9.17, 15) is 4.79 Å². The highest BCUT2D eigenvalue weighted by molar-refractivity contribution is 6.18. The number of hydrogen-bond donors (Lipinski definition) is 0. The molecule has 0 spiro atoms. The van der Waals surface area contributed by atoms with Crippen LogP contribution in [0.15, 0.2) is 48.5 Å². The van der Waals surface area contributed by atoms with Crippen molar-refractivity contribution >= 4 is 17.6 Å². The highest BCUT2D eigenvalue weighted by Gasteiger charge is 2.07. The molecule has 0 aliphatic heterocycles. The van der Waals surface area contributed by atoms with Crippen molar-refractivity contribution in [2.75, 3.05) is 13.0 Å². The molecule has 3 heteroatoms. The van der Waals surface area contributed by atoms with Gasteiger partial charge in [-0.2, -0.15) is 0 Å². The van der Waals surface area contributed by atoms with Crippen LogP contribution < -0.4 is 0 Å². The molecule has 0 radical (unpaired) electrons. The molecule has 2 aromatic carbocycles. The number of aryl methyl sites for hydroxylation is 1. The summed E-state index contributed by atoms with van der Waals surface area (Å²) in [6.07, 6.45) is 0.830. The minimum atomic E-state index is -0.319. The van der Waals surface area contributed by atoms with Crippen molar-refractivity contribution in [1.29, 1.82) is 0 Å². The maximum absolute atomic E-state index is 11.4. The third kappa shape index (κ3) is 3.15. The van der Waals surface area contributed by atoms with E-state index in [4.69, 9.17) is 11.6 Å². The van der Waals surface area contributed by atoms with Crippen LogP contribution in [0.3, 0.4) is 0 Å². The topological polar surface area (TPSA) is 26.3 Å². The second kappa shape index (κ2) is 6.39. The van der Waals surface area contributed by atoms with Crippen molar-refractivity contribution in [3.63, 3.8) is 0 Å². The van der Waals surface area contributed by atoms with Crippen LogP contribution in [0.1, 0.15) is 15.9 Å². The van der Waals surface area contributed by atoms with Gasteiger partial charge in [-0.3, -0.25) is 0 Å². The Morgan fingerprint density at radius 1 is 1.11 bits per heavy atom. The fourth-order valence-corrected chi connectivity index (χ4v) is 2.23. The van der Waals surface area contributed by atoms with E-state index in [1.807, 2.05) is 24.3 Å². The SMILES string of the molecule is COC(=O)c1ccc(-c2ccccc2CCCl)cc1. The number of rotatable bonds is 4. The molecular weight excluding hydrogens is 260 g/mol. The molecule has 0 aliphatic rings. The van der Waals surface area contributed by atoms with E-state index >= 15 is 0 Å². The van der Waals surface area contributed by atoms with Crippen molar-refractivity contribution in [2.24, 2.45) is 0 Å². The number of hydrogen-bond acceptors (Lipinski definition) is 2. The van der Waals surface area contributed by atoms with Gasteiger partial charge in [0.1, 0.15) is 0 Å². The van der Waals surface area contributed by atoms with Gasteiger partial charge in [0, 0.05) is 5.88 Å². The van der Waals surface area contributed by atoms with E-state index in [0.717, 1.165) is 17.5 Å². The fourth-order valence-electron chi connectivity index (χ4n) is 2.03. The Labute approximate surface area is 118 Å². The molecule has 2 nitrogen and oxygen atoms in total. The predicted molar refractivity (Wildman–Crippen MR) is 77.6 cm³/mol. The van der Waals surface area contributed by atoms with Gasteiger partial charge in [0.2, 0.25) is 0 Å². The Kier molecular flexibility index (Phi) is 4.58. The van der Waals surface area contributed by atoms with Gasteiger partial charge in [0.25, 0.3) is 0 Å². The molecule has 0 saturated heterocycles. The summed E-state index contributed by atoms with van der Waals surface area (Å²) < 4.78 is 4.69. The number of carbonyl (C=O) groups excluding carboxylic acids is 1. The van der Waals surface area contributed by atoms with E-state index in [-0.39, 0.29) is 5.97 Å². The monoisotopic (exact) mass is 274 g/mol. The zero-order chi connectivity index (χ0) is 13.7. The minimum Gasteiger partial charge on any atom is -0.465 e. The van der Waals surface area contributed by atoms with Crippen molar-refractivity contribution in [3.8, 4) is 11.1 Å². The van der Waals surface area contributed by atoms with Crippen molar-refractivity contribution in [3.05, 3.63) is 59.7 Å². The average Bonchev–Trinajstić information content (AvgIpc) is 2.47. The van der Waals surface area contributed by atoms with Crippen LogP contribution in [-0.2, 0) is 11.2 Å². The lowest BCUT2D eigenvalue weighted by atomic mass is 9.97. The number of esters is 1. The Hall–Kier alpha value is -1.80. The van der Waals surface area contributed by atoms with E-state index in [2.05, 4.69) is 16.9 Å². The summed E-state index contributed by atoms with van der Waals surface area (Å²) in [5, 5.41) is 0. The lowest BCUT2D eigenvalue weighted by Gasteiger charge is -2.09. The molecule has 0 N–H and O–H groups in total. The Morgan fingerprint density at radius 2 is 1.79 bits per heavy atom. The summed E-state index contributed by atoms with van der Waals surface area (Å²) in [7, 11) is 1.38. The smallest absolute Gasteiger partial charge is 0.337 e. The largest absolute Gasteiger partial charge is 0.465 e. The molecular formula is C16H15ClO2. The van der Waals surface area contributed by atoms with Gasteiger partial charge in [-0.25, -0.2) is 4.79 Å². The molecule has 98 valence electrons. The molecule has 0 aromatic heterocycles. The average molecular weight is 275 g/mol. The quantitative estimate of drug-likeness (QED) is 0.624. The molecule has 19 heavy (non-hydrogen) atoms. The van der Waals surface area contributed by atoms with E-state index in [1.54, 1.807) is 12.1 Å². The minimum absolute atomic E-state index is 0.319. The van der Waals surface area contributed by atoms with Crippen LogP contribution in [0.4, 0.5) is 0 Å². The molecule has 0 amide bonds. The van der Waals surface area contributed by atoms with Crippen LogP contribution in [0.2, 0.25) is 0 Å². The first kappa shape index (κ1) is 13.6. The molecule has 0 heterocycles. The Balaban J connectivity index is 2.34. The van der Waals surface area contributed by atoms with Gasteiger partial charge >= 0.3 is 5.97 Å². The summed E-state index contributed by atoms with van der Waals surface area (Å²) in [6.45, 7) is 0. The summed E-state index contributed by atoms with van der Waals surface area (Å²) in [4.78, 5) is 11.4. The number of carbonyl (C=O) groups is 1. The van der Waals surface area contributed by atoms with Gasteiger partial charge in [-0.15, -0.1) is 11.6 Å². The first-order valence-electron chi connectivity index (χ1n) is 6.09. The van der Waals surface area contributed by atoms with Gasteiger partial charge < -0.3 is 4.74 Å². The van der Waals surface area contributed by atoms with Crippen molar-refractivity contribution in [1.82, 2.24) is 0 Å². The first-order valence-corrected chi connectivity index (χ1v) is 6.62. The summed E-state index contributed by atoms with van der Waals surface area (Å²) >= 11 is 5.82. The molecule has 0 aliphatic carbocycles. The third-order valence-corrected chi connectivity index (χ3v) is 3.19. The zero-order valence-corrected chi connectivity index (χ0v) is 11.5. The number of halogens is 1. The predicted octanol–water partition coefficient (Wildman–Crippen LogP) is 3.92. The molecule has 0 atom stereocenters. The molecule has 0 unspecified atom stereocenters. The van der Waals surface area contributed by atoms with Gasteiger partial charge in [0.05, 0.1) is 12.7 Å². The summed E-state index contributed by atoms with van der Waals surface area (Å²) in [5.74, 6) is 0.276. The number of alkyl halides is 1. The lowest BCUT2D eigenvalue weighted by Crippen LogP contribution is -2.00. The van der Waals surface area contributed by atoms with Gasteiger partial charge in [-0.1, -0.05) is 36.4 Å². The van der Waals surface area contributed by atoms with Gasteiger partial charge in [0.15, 0.2) is 0 Å². The van der Waals surface area contributed by atoms with E-state index in [0.29, 0.717) is 11.4 Å². The maximum atomic E-state index is 11.4. The Bertz CT molecular complexity index is 561. The molecule has 0 saturated carbocycles. The summed E-state index contributed by atoms with van der Waals surface area (Å²) in [6, 6.07) is 15.6. The van der Waals surface area contributed by atoms with Gasteiger partial charge in [-0.05, 0) is 35.2 Å². The van der Waals surface area contributed by atoms with Crippen LogP contribution in [0.5, 0.6) is 0 Å². The van der Waals surface area contributed by atoms with Crippen LogP contribution >= 0.6 is 11.6 Å². The molecule has 2 rings (SSSR count). The zero-order valence-electron chi connectivity index (χ0n) is 10.7. The molecule has 2 aromatic rings. The third-order valence-electron chi connectivity index (χ3n) is 3.00. The summed E-state index contributed by atoms with van der Waals surface area (Å²) in [5.41, 5.74) is 4.00. The van der Waals surface area contributed by atoms with Crippen molar-refractivity contribution < 1.29 is 9.53 Å². The highest BCUT2D eigenvalue weighted by Crippen LogP contribution is 2.24. The maximum Gasteiger partial charge on any atom is 0.337 e. The number of benzene rings is 2. The number of methoxy groups -OCH3 is 1. The highest BCUT2D eigenvalue weighted by atomic mass is 35.5. The molecule has 0 fully saturated rings. The lowest BCUT2D eigenvalue weighted by molar-refractivity contribution is 0.0601.